The van der Waals surface area contributed by atoms with Crippen LogP contribution >= 0.6 is 15.9 Å². The van der Waals surface area contributed by atoms with Gasteiger partial charge in [-0.2, -0.15) is 0 Å². The van der Waals surface area contributed by atoms with E-state index in [1.807, 2.05) is 0 Å². The van der Waals surface area contributed by atoms with E-state index in [0.717, 1.165) is 5.69 Å². The van der Waals surface area contributed by atoms with Crippen molar-refractivity contribution in [1.29, 1.82) is 0 Å². The summed E-state index contributed by atoms with van der Waals surface area (Å²) in [6.07, 6.45) is 0. The average molecular weight is 301 g/mol. The number of ether oxygens (including phenoxy) is 1. The molecule has 1 heterocycles. The maximum Gasteiger partial charge on any atom is 0.321 e. The second-order valence-electron chi connectivity index (χ2n) is 3.36. The van der Waals surface area contributed by atoms with Crippen LogP contribution in [0.25, 0.3) is 0 Å². The molecule has 0 aliphatic rings. The van der Waals surface area contributed by atoms with Gasteiger partial charge in [0.1, 0.15) is 10.5 Å². The van der Waals surface area contributed by atoms with E-state index < -0.39 is 10.8 Å². The van der Waals surface area contributed by atoms with Crippen molar-refractivity contribution in [3.8, 4) is 0 Å². The molecule has 1 aromatic heterocycles. The van der Waals surface area contributed by atoms with Gasteiger partial charge in [0, 0.05) is 12.2 Å². The van der Waals surface area contributed by atoms with Crippen molar-refractivity contribution in [2.45, 2.75) is 11.8 Å². The van der Waals surface area contributed by atoms with Gasteiger partial charge >= 0.3 is 5.97 Å². The highest BCUT2D eigenvalue weighted by Crippen LogP contribution is 2.02. The molecule has 0 fully saturated rings. The van der Waals surface area contributed by atoms with Crippen LogP contribution in [-0.4, -0.2) is 35.3 Å². The molecule has 1 unspecified atom stereocenters. The van der Waals surface area contributed by atoms with Gasteiger partial charge in [-0.25, -0.2) is 4.98 Å². The van der Waals surface area contributed by atoms with Gasteiger partial charge in [-0.3, -0.25) is 9.59 Å². The highest BCUT2D eigenvalue weighted by Gasteiger charge is 2.16. The Hall–Kier alpha value is -1.43. The summed E-state index contributed by atoms with van der Waals surface area (Å²) in [7, 11) is 1.29. The lowest BCUT2D eigenvalue weighted by molar-refractivity contribution is -0.139. The molecule has 6 heteroatoms. The number of alkyl halides is 1. The predicted octanol–water partition coefficient (Wildman–Crippen LogP) is 1.06. The lowest BCUT2D eigenvalue weighted by Gasteiger charge is -2.09. The predicted molar refractivity (Wildman–Crippen MR) is 66.0 cm³/mol. The number of pyridine rings is 1. The fourth-order valence-corrected chi connectivity index (χ4v) is 1.50. The van der Waals surface area contributed by atoms with Crippen LogP contribution < -0.4 is 5.32 Å². The Morgan fingerprint density at radius 3 is 2.82 bits per heavy atom. The number of hydrogen-bond donors (Lipinski definition) is 1. The van der Waals surface area contributed by atoms with E-state index >= 15 is 0 Å². The number of nitrogens with one attached hydrogen (secondary N) is 1. The fourth-order valence-electron chi connectivity index (χ4n) is 1.15. The molecule has 1 amide bonds. The van der Waals surface area contributed by atoms with Crippen molar-refractivity contribution in [2.24, 2.45) is 0 Å². The van der Waals surface area contributed by atoms with Crippen molar-refractivity contribution < 1.29 is 14.3 Å². The van der Waals surface area contributed by atoms with Gasteiger partial charge in [0.25, 0.3) is 5.91 Å². The number of amides is 1. The van der Waals surface area contributed by atoms with Crippen molar-refractivity contribution in [3.63, 3.8) is 0 Å². The molecule has 1 rings (SSSR count). The number of nitrogens with zero attached hydrogens (tertiary/aromatic N) is 1. The summed E-state index contributed by atoms with van der Waals surface area (Å²) < 4.78 is 4.52. The first-order valence-corrected chi connectivity index (χ1v) is 5.90. The summed E-state index contributed by atoms with van der Waals surface area (Å²) in [5.41, 5.74) is 1.09. The zero-order valence-corrected chi connectivity index (χ0v) is 11.2. The van der Waals surface area contributed by atoms with Crippen LogP contribution in [0.15, 0.2) is 18.2 Å². The minimum Gasteiger partial charge on any atom is -0.468 e. The summed E-state index contributed by atoms with van der Waals surface area (Å²) in [4.78, 5) is 26.3. The van der Waals surface area contributed by atoms with E-state index in [9.17, 15) is 9.59 Å². The lowest BCUT2D eigenvalue weighted by Crippen LogP contribution is -2.34. The Balaban J connectivity index is 2.53. The molecule has 0 aromatic carbocycles. The third-order valence-electron chi connectivity index (χ3n) is 2.02. The van der Waals surface area contributed by atoms with Crippen LogP contribution in [0.5, 0.6) is 0 Å². The van der Waals surface area contributed by atoms with Gasteiger partial charge in [0.2, 0.25) is 0 Å². The molecule has 1 N–H and O–H groups in total. The van der Waals surface area contributed by atoms with Gasteiger partial charge in [0.05, 0.1) is 7.11 Å². The molecule has 0 aliphatic carbocycles. The SMILES string of the molecule is COC(=O)C(Br)CNC(=O)c1cccc(C)n1. The molecule has 1 atom stereocenters. The van der Waals surface area contributed by atoms with Crippen molar-refractivity contribution in [2.75, 3.05) is 13.7 Å². The molecule has 0 spiro atoms. The molecule has 0 bridgehead atoms. The van der Waals surface area contributed by atoms with E-state index in [1.54, 1.807) is 25.1 Å². The lowest BCUT2D eigenvalue weighted by atomic mass is 10.3. The molecular weight excluding hydrogens is 288 g/mol. The summed E-state index contributed by atoms with van der Waals surface area (Å²) >= 11 is 3.11. The maximum atomic E-state index is 11.7. The second-order valence-corrected chi connectivity index (χ2v) is 4.47. The number of halogens is 1. The quantitative estimate of drug-likeness (QED) is 0.667. The number of carbonyl (C=O) groups is 2. The Bertz CT molecular complexity index is 423. The Morgan fingerprint density at radius 2 is 2.24 bits per heavy atom. The van der Waals surface area contributed by atoms with E-state index in [4.69, 9.17) is 0 Å². The van der Waals surface area contributed by atoms with Crippen LogP contribution in [0.1, 0.15) is 16.2 Å². The highest BCUT2D eigenvalue weighted by molar-refractivity contribution is 9.10. The molecule has 0 saturated carbocycles. The zero-order chi connectivity index (χ0) is 12.8. The number of esters is 1. The maximum absolute atomic E-state index is 11.7. The van der Waals surface area contributed by atoms with Gasteiger partial charge < -0.3 is 10.1 Å². The first-order valence-electron chi connectivity index (χ1n) is 4.98. The molecule has 92 valence electrons. The molecule has 0 radical (unpaired) electrons. The monoisotopic (exact) mass is 300 g/mol. The third kappa shape index (κ3) is 4.14. The third-order valence-corrected chi connectivity index (χ3v) is 2.72. The minimum absolute atomic E-state index is 0.154. The number of methoxy groups -OCH3 is 1. The highest BCUT2D eigenvalue weighted by atomic mass is 79.9. The van der Waals surface area contributed by atoms with Crippen LogP contribution in [0.2, 0.25) is 0 Å². The largest absolute Gasteiger partial charge is 0.468 e. The van der Waals surface area contributed by atoms with E-state index in [-0.39, 0.29) is 12.5 Å². The van der Waals surface area contributed by atoms with E-state index in [0.29, 0.717) is 5.69 Å². The number of rotatable bonds is 4. The average Bonchev–Trinajstić information content (AvgIpc) is 2.34. The summed E-state index contributed by atoms with van der Waals surface area (Å²) in [5.74, 6) is -0.746. The first kappa shape index (κ1) is 13.6. The van der Waals surface area contributed by atoms with Crippen molar-refractivity contribution in [1.82, 2.24) is 10.3 Å². The van der Waals surface area contributed by atoms with Crippen molar-refractivity contribution in [3.05, 3.63) is 29.6 Å². The minimum atomic E-state index is -0.554. The molecule has 5 nitrogen and oxygen atoms in total. The molecule has 0 aliphatic heterocycles. The Kier molecular flexibility index (Phi) is 5.09. The Labute approximate surface area is 108 Å². The molecule has 0 saturated heterocycles. The summed E-state index contributed by atoms with van der Waals surface area (Å²) in [5, 5.41) is 2.59. The van der Waals surface area contributed by atoms with Crippen LogP contribution in [-0.2, 0) is 9.53 Å². The molecule has 1 aromatic rings. The smallest absolute Gasteiger partial charge is 0.321 e. The zero-order valence-electron chi connectivity index (χ0n) is 9.57. The van der Waals surface area contributed by atoms with Gasteiger partial charge in [0.15, 0.2) is 0 Å². The van der Waals surface area contributed by atoms with Crippen LogP contribution in [0.3, 0.4) is 0 Å². The molecule has 17 heavy (non-hydrogen) atoms. The number of hydrogen-bond acceptors (Lipinski definition) is 4. The molecular formula is C11H13BrN2O3. The number of aromatic nitrogens is 1. The number of aryl methyl sites for hydroxylation is 1. The van der Waals surface area contributed by atoms with Gasteiger partial charge in [-0.15, -0.1) is 0 Å². The standard InChI is InChI=1S/C11H13BrN2O3/c1-7-4-3-5-9(14-7)10(15)13-6-8(12)11(16)17-2/h3-5,8H,6H2,1-2H3,(H,13,15). The van der Waals surface area contributed by atoms with E-state index in [1.165, 1.54) is 7.11 Å². The van der Waals surface area contributed by atoms with Crippen LogP contribution in [0, 0.1) is 6.92 Å². The second kappa shape index (κ2) is 6.34. The van der Waals surface area contributed by atoms with Gasteiger partial charge in [-0.1, -0.05) is 22.0 Å². The summed E-state index contributed by atoms with van der Waals surface area (Å²) in [6.45, 7) is 1.96. The first-order chi connectivity index (χ1) is 8.04. The van der Waals surface area contributed by atoms with Gasteiger partial charge in [-0.05, 0) is 19.1 Å². The Morgan fingerprint density at radius 1 is 1.53 bits per heavy atom. The van der Waals surface area contributed by atoms with E-state index in [2.05, 4.69) is 31.0 Å². The van der Waals surface area contributed by atoms with Crippen molar-refractivity contribution >= 4 is 27.8 Å². The van der Waals surface area contributed by atoms with Crippen LogP contribution in [0.4, 0.5) is 0 Å². The summed E-state index contributed by atoms with van der Waals surface area (Å²) in [6, 6.07) is 5.17. The topological polar surface area (TPSA) is 68.3 Å². The number of carbonyl (C=O) groups excluding carboxylic acids is 2. The fraction of sp³-hybridized carbons (Fsp3) is 0.364. The normalized spacial score (nSPS) is 11.7.